The van der Waals surface area contributed by atoms with Gasteiger partial charge in [0.25, 0.3) is 0 Å². The van der Waals surface area contributed by atoms with Gasteiger partial charge in [0.05, 0.1) is 11.2 Å². The van der Waals surface area contributed by atoms with Gasteiger partial charge < -0.3 is 8.98 Å². The zero-order valence-electron chi connectivity index (χ0n) is 25.1. The van der Waals surface area contributed by atoms with Crippen molar-refractivity contribution >= 4 is 32.4 Å². The summed E-state index contributed by atoms with van der Waals surface area (Å²) in [7, 11) is 0. The van der Waals surface area contributed by atoms with Crippen LogP contribution in [0.15, 0.2) is 180 Å². The molecule has 0 N–H and O–H groups in total. The Bertz CT molecular complexity index is 2500. The average molecular weight is 588 g/mol. The predicted octanol–water partition coefficient (Wildman–Crippen LogP) is 12.2. The third-order valence-corrected chi connectivity index (χ3v) is 9.04. The van der Waals surface area contributed by atoms with E-state index in [-0.39, 0.29) is 0 Å². The molecule has 0 radical (unpaired) electrons. The molecule has 0 bridgehead atoms. The summed E-state index contributed by atoms with van der Waals surface area (Å²) < 4.78 is 8.71. The lowest BCUT2D eigenvalue weighted by Crippen LogP contribution is -1.96. The molecule has 0 spiro atoms. The molecule has 0 aliphatic carbocycles. The summed E-state index contributed by atoms with van der Waals surface area (Å²) in [6, 6.07) is 62.6. The molecule has 2 aromatic heterocycles. The number of fused-ring (bicyclic) bond motifs is 4. The Balaban J connectivity index is 0.988. The van der Waals surface area contributed by atoms with Crippen molar-refractivity contribution in [2.45, 2.75) is 0 Å². The highest BCUT2D eigenvalue weighted by Gasteiger charge is 2.14. The molecule has 9 aromatic rings. The zero-order chi connectivity index (χ0) is 30.5. The van der Waals surface area contributed by atoms with E-state index in [9.17, 15) is 0 Å². The number of furan rings is 1. The Labute approximate surface area is 267 Å². The van der Waals surface area contributed by atoms with Gasteiger partial charge in [-0.2, -0.15) is 0 Å². The highest BCUT2D eigenvalue weighted by molar-refractivity contribution is 6.08. The molecule has 0 amide bonds. The summed E-state index contributed by atoms with van der Waals surface area (Å²) in [4.78, 5) is 0. The van der Waals surface area contributed by atoms with Crippen LogP contribution in [0.25, 0.3) is 83.2 Å². The fourth-order valence-corrected chi connectivity index (χ4v) is 6.70. The fourth-order valence-electron chi connectivity index (χ4n) is 6.70. The third-order valence-electron chi connectivity index (χ3n) is 9.04. The standard InChI is InChI=1S/C44H29NO/c1-2-10-38(11-3-1)45-41-13-7-5-9-37(41)29-42(45)32-17-21-34(22-18-32)44-27-26-43(46-44)33-19-14-30(15-20-33)35-24-25-40-36(28-35)23-16-31-8-4-6-12-39(31)40/h1-29H. The van der Waals surface area contributed by atoms with Gasteiger partial charge in [-0.15, -0.1) is 0 Å². The van der Waals surface area contributed by atoms with Crippen LogP contribution in [-0.2, 0) is 0 Å². The molecule has 0 aliphatic rings. The molecule has 216 valence electrons. The minimum atomic E-state index is 0.857. The minimum absolute atomic E-state index is 0.857. The second-order valence-electron chi connectivity index (χ2n) is 11.8. The Kier molecular flexibility index (Phi) is 6.17. The lowest BCUT2D eigenvalue weighted by Gasteiger charge is -2.11. The van der Waals surface area contributed by atoms with Gasteiger partial charge in [0, 0.05) is 22.2 Å². The molecule has 2 heteroatoms. The van der Waals surface area contributed by atoms with Crippen LogP contribution in [0.5, 0.6) is 0 Å². The number of benzene rings is 7. The van der Waals surface area contributed by atoms with Crippen molar-refractivity contribution in [1.29, 1.82) is 0 Å². The number of hydrogen-bond acceptors (Lipinski definition) is 1. The SMILES string of the molecule is c1ccc(-n2c(-c3ccc(-c4ccc(-c5ccc(-c6ccc7c(ccc8ccccc87)c6)cc5)o4)cc3)cc3ccccc32)cc1. The van der Waals surface area contributed by atoms with E-state index in [2.05, 4.69) is 180 Å². The van der Waals surface area contributed by atoms with Crippen LogP contribution in [0, 0.1) is 0 Å². The highest BCUT2D eigenvalue weighted by atomic mass is 16.3. The second-order valence-corrected chi connectivity index (χ2v) is 11.8. The minimum Gasteiger partial charge on any atom is -0.456 e. The summed E-state index contributed by atoms with van der Waals surface area (Å²) in [5.74, 6) is 1.72. The Hall–Kier alpha value is -6.12. The first-order valence-corrected chi connectivity index (χ1v) is 15.7. The number of rotatable bonds is 5. The monoisotopic (exact) mass is 587 g/mol. The molecule has 0 fully saturated rings. The molecule has 0 saturated heterocycles. The predicted molar refractivity (Wildman–Crippen MR) is 192 cm³/mol. The Morgan fingerprint density at radius 3 is 1.67 bits per heavy atom. The Morgan fingerprint density at radius 2 is 0.913 bits per heavy atom. The van der Waals surface area contributed by atoms with Crippen LogP contribution >= 0.6 is 0 Å². The maximum Gasteiger partial charge on any atom is 0.134 e. The normalized spacial score (nSPS) is 11.5. The van der Waals surface area contributed by atoms with E-state index >= 15 is 0 Å². The molecule has 9 rings (SSSR count). The number of para-hydroxylation sites is 2. The largest absolute Gasteiger partial charge is 0.456 e. The van der Waals surface area contributed by atoms with Gasteiger partial charge >= 0.3 is 0 Å². The van der Waals surface area contributed by atoms with Crippen LogP contribution in [0.4, 0.5) is 0 Å². The molecule has 7 aromatic carbocycles. The second kappa shape index (κ2) is 10.8. The van der Waals surface area contributed by atoms with E-state index in [0.717, 1.165) is 33.9 Å². The van der Waals surface area contributed by atoms with E-state index < -0.39 is 0 Å². The lowest BCUT2D eigenvalue weighted by molar-refractivity contribution is 0.597. The molecule has 0 aliphatic heterocycles. The van der Waals surface area contributed by atoms with E-state index in [1.807, 2.05) is 0 Å². The zero-order valence-corrected chi connectivity index (χ0v) is 25.1. The van der Waals surface area contributed by atoms with Crippen molar-refractivity contribution in [3.63, 3.8) is 0 Å². The van der Waals surface area contributed by atoms with E-state index in [4.69, 9.17) is 4.42 Å². The van der Waals surface area contributed by atoms with E-state index in [1.54, 1.807) is 0 Å². The summed E-state index contributed by atoms with van der Waals surface area (Å²) in [5, 5.41) is 6.33. The van der Waals surface area contributed by atoms with Gasteiger partial charge in [-0.1, -0.05) is 133 Å². The van der Waals surface area contributed by atoms with Crippen molar-refractivity contribution in [2.24, 2.45) is 0 Å². The van der Waals surface area contributed by atoms with Crippen molar-refractivity contribution in [2.75, 3.05) is 0 Å². The van der Waals surface area contributed by atoms with Crippen LogP contribution in [0.1, 0.15) is 0 Å². The summed E-state index contributed by atoms with van der Waals surface area (Å²) >= 11 is 0. The first kappa shape index (κ1) is 26.3. The fraction of sp³-hybridized carbons (Fsp3) is 0. The molecule has 0 unspecified atom stereocenters. The van der Waals surface area contributed by atoms with Crippen LogP contribution in [-0.4, -0.2) is 4.57 Å². The van der Waals surface area contributed by atoms with E-state index in [1.165, 1.54) is 49.3 Å². The van der Waals surface area contributed by atoms with Crippen molar-refractivity contribution in [3.05, 3.63) is 176 Å². The molecule has 0 atom stereocenters. The summed E-state index contributed by atoms with van der Waals surface area (Å²) in [6.45, 7) is 0. The summed E-state index contributed by atoms with van der Waals surface area (Å²) in [6.07, 6.45) is 0. The van der Waals surface area contributed by atoms with Gasteiger partial charge in [0.2, 0.25) is 0 Å². The smallest absolute Gasteiger partial charge is 0.134 e. The topological polar surface area (TPSA) is 18.1 Å². The average Bonchev–Trinajstić information content (AvgIpc) is 3.78. The Morgan fingerprint density at radius 1 is 0.348 bits per heavy atom. The maximum atomic E-state index is 6.38. The van der Waals surface area contributed by atoms with Crippen molar-refractivity contribution in [3.8, 4) is 50.7 Å². The van der Waals surface area contributed by atoms with Crippen molar-refractivity contribution in [1.82, 2.24) is 4.57 Å². The quantitative estimate of drug-likeness (QED) is 0.183. The highest BCUT2D eigenvalue weighted by Crippen LogP contribution is 2.35. The molecule has 2 heterocycles. The number of hydrogen-bond donors (Lipinski definition) is 0. The lowest BCUT2D eigenvalue weighted by atomic mass is 9.97. The van der Waals surface area contributed by atoms with E-state index in [0.29, 0.717) is 0 Å². The first-order chi connectivity index (χ1) is 22.8. The number of nitrogens with zero attached hydrogens (tertiary/aromatic N) is 1. The van der Waals surface area contributed by atoms with Crippen LogP contribution in [0.2, 0.25) is 0 Å². The molecule has 46 heavy (non-hydrogen) atoms. The molecule has 0 saturated carbocycles. The number of aromatic nitrogens is 1. The maximum absolute atomic E-state index is 6.38. The van der Waals surface area contributed by atoms with Crippen LogP contribution < -0.4 is 0 Å². The van der Waals surface area contributed by atoms with Gasteiger partial charge in [0.1, 0.15) is 11.5 Å². The van der Waals surface area contributed by atoms with Gasteiger partial charge in [0.15, 0.2) is 0 Å². The van der Waals surface area contributed by atoms with Gasteiger partial charge in [-0.3, -0.25) is 0 Å². The van der Waals surface area contributed by atoms with Crippen molar-refractivity contribution < 1.29 is 4.42 Å². The third kappa shape index (κ3) is 4.51. The molecular weight excluding hydrogens is 558 g/mol. The molecule has 2 nitrogen and oxygen atoms in total. The van der Waals surface area contributed by atoms with Crippen LogP contribution in [0.3, 0.4) is 0 Å². The van der Waals surface area contributed by atoms with Gasteiger partial charge in [-0.25, -0.2) is 0 Å². The first-order valence-electron chi connectivity index (χ1n) is 15.7. The van der Waals surface area contributed by atoms with Gasteiger partial charge in [-0.05, 0) is 80.7 Å². The molecular formula is C44H29NO. The summed E-state index contributed by atoms with van der Waals surface area (Å²) in [5.41, 5.74) is 9.19.